The van der Waals surface area contributed by atoms with Crippen LogP contribution in [0.25, 0.3) is 0 Å². The van der Waals surface area contributed by atoms with Crippen molar-refractivity contribution in [2.45, 2.75) is 57.8 Å². The second-order valence-corrected chi connectivity index (χ2v) is 8.94. The first-order chi connectivity index (χ1) is 15.1. The molecule has 3 amide bonds. The van der Waals surface area contributed by atoms with Crippen LogP contribution in [-0.4, -0.2) is 60.3 Å². The van der Waals surface area contributed by atoms with E-state index in [9.17, 15) is 14.4 Å². The molecule has 2 fully saturated rings. The van der Waals surface area contributed by atoms with Gasteiger partial charge in [0, 0.05) is 51.1 Å². The van der Waals surface area contributed by atoms with Crippen molar-refractivity contribution in [2.75, 3.05) is 38.1 Å². The summed E-state index contributed by atoms with van der Waals surface area (Å²) < 4.78 is 5.82. The van der Waals surface area contributed by atoms with Crippen LogP contribution in [0.1, 0.15) is 56.9 Å². The van der Waals surface area contributed by atoms with Gasteiger partial charge in [-0.15, -0.1) is 0 Å². The van der Waals surface area contributed by atoms with Gasteiger partial charge in [-0.25, -0.2) is 0 Å². The van der Waals surface area contributed by atoms with Gasteiger partial charge in [-0.3, -0.25) is 14.4 Å². The van der Waals surface area contributed by atoms with Gasteiger partial charge in [0.1, 0.15) is 5.75 Å². The number of likely N-dealkylation sites (tertiary alicyclic amines) is 2. The summed E-state index contributed by atoms with van der Waals surface area (Å²) in [5, 5.41) is 2.87. The predicted molar refractivity (Wildman–Crippen MR) is 118 cm³/mol. The number of rotatable bonds is 7. The first-order valence-corrected chi connectivity index (χ1v) is 11.7. The van der Waals surface area contributed by atoms with Crippen molar-refractivity contribution in [1.82, 2.24) is 9.80 Å². The summed E-state index contributed by atoms with van der Waals surface area (Å²) in [5.74, 6) is 1.73. The molecule has 1 aromatic carbocycles. The third-order valence-electron chi connectivity index (χ3n) is 6.67. The third-order valence-corrected chi connectivity index (χ3v) is 6.67. The SMILES string of the molecule is O=C1CCc2cc(OCCCC(=O)N3CCC(CC(=O)N4CCCC4)CC3)ccc2N1. The number of aryl methyl sites for hydroxylation is 1. The van der Waals surface area contributed by atoms with Gasteiger partial charge < -0.3 is 19.9 Å². The van der Waals surface area contributed by atoms with E-state index in [1.54, 1.807) is 0 Å². The quantitative estimate of drug-likeness (QED) is 0.679. The standard InChI is InChI=1S/C24H33N3O4/c28-22-8-5-19-17-20(6-7-21(19)25-22)31-15-3-4-23(29)27-13-9-18(10-14-27)16-24(30)26-11-1-2-12-26/h6-7,17-18H,1-5,8-16H2,(H,25,28). The molecule has 0 radical (unpaired) electrons. The molecule has 0 aliphatic carbocycles. The van der Waals surface area contributed by atoms with Crippen LogP contribution < -0.4 is 10.1 Å². The van der Waals surface area contributed by atoms with Crippen molar-refractivity contribution in [2.24, 2.45) is 5.92 Å². The van der Waals surface area contributed by atoms with Crippen LogP contribution in [0.3, 0.4) is 0 Å². The molecule has 0 bridgehead atoms. The normalized spacial score (nSPS) is 19.2. The van der Waals surface area contributed by atoms with Crippen LogP contribution in [0.15, 0.2) is 18.2 Å². The Morgan fingerprint density at radius 3 is 2.52 bits per heavy atom. The zero-order valence-electron chi connectivity index (χ0n) is 18.2. The summed E-state index contributed by atoms with van der Waals surface area (Å²) in [6.45, 7) is 3.85. The molecule has 7 nitrogen and oxygen atoms in total. The number of carbonyl (C=O) groups is 3. The molecule has 3 heterocycles. The van der Waals surface area contributed by atoms with E-state index in [1.165, 1.54) is 0 Å². The zero-order valence-corrected chi connectivity index (χ0v) is 18.2. The fourth-order valence-electron chi connectivity index (χ4n) is 4.75. The number of ether oxygens (including phenoxy) is 1. The third kappa shape index (κ3) is 5.77. The van der Waals surface area contributed by atoms with Gasteiger partial charge in [0.2, 0.25) is 17.7 Å². The lowest BCUT2D eigenvalue weighted by molar-refractivity contribution is -0.134. The first-order valence-electron chi connectivity index (χ1n) is 11.7. The van der Waals surface area contributed by atoms with Crippen LogP contribution in [-0.2, 0) is 20.8 Å². The highest BCUT2D eigenvalue weighted by atomic mass is 16.5. The maximum absolute atomic E-state index is 12.5. The molecular weight excluding hydrogens is 394 g/mol. The molecule has 0 aromatic heterocycles. The highest BCUT2D eigenvalue weighted by molar-refractivity contribution is 5.94. The smallest absolute Gasteiger partial charge is 0.224 e. The van der Waals surface area contributed by atoms with Gasteiger partial charge in [-0.2, -0.15) is 0 Å². The molecule has 0 atom stereocenters. The molecule has 2 saturated heterocycles. The molecule has 3 aliphatic rings. The second-order valence-electron chi connectivity index (χ2n) is 8.94. The molecule has 1 aromatic rings. The van der Waals surface area contributed by atoms with Crippen molar-refractivity contribution < 1.29 is 19.1 Å². The largest absolute Gasteiger partial charge is 0.494 e. The van der Waals surface area contributed by atoms with Crippen molar-refractivity contribution in [3.8, 4) is 5.75 Å². The predicted octanol–water partition coefficient (Wildman–Crippen LogP) is 2.98. The van der Waals surface area contributed by atoms with E-state index >= 15 is 0 Å². The number of nitrogens with zero attached hydrogens (tertiary/aromatic N) is 2. The van der Waals surface area contributed by atoms with Crippen LogP contribution in [0.4, 0.5) is 5.69 Å². The summed E-state index contributed by atoms with van der Waals surface area (Å²) in [6, 6.07) is 5.72. The number of hydrogen-bond donors (Lipinski definition) is 1. The fraction of sp³-hybridized carbons (Fsp3) is 0.625. The summed E-state index contributed by atoms with van der Waals surface area (Å²) in [7, 11) is 0. The number of nitrogens with one attached hydrogen (secondary N) is 1. The minimum absolute atomic E-state index is 0.0573. The monoisotopic (exact) mass is 427 g/mol. The summed E-state index contributed by atoms with van der Waals surface area (Å²) in [6.07, 6.45) is 7.16. The summed E-state index contributed by atoms with van der Waals surface area (Å²) in [5.41, 5.74) is 1.96. The van der Waals surface area contributed by atoms with Gasteiger partial charge in [-0.1, -0.05) is 0 Å². The number of carbonyl (C=O) groups excluding carboxylic acids is 3. The molecule has 0 saturated carbocycles. The highest BCUT2D eigenvalue weighted by Gasteiger charge is 2.26. The molecule has 31 heavy (non-hydrogen) atoms. The van der Waals surface area contributed by atoms with Crippen LogP contribution in [0.5, 0.6) is 5.75 Å². The Kier molecular flexibility index (Phi) is 7.10. The lowest BCUT2D eigenvalue weighted by Crippen LogP contribution is -2.40. The highest BCUT2D eigenvalue weighted by Crippen LogP contribution is 2.27. The molecule has 3 aliphatic heterocycles. The molecule has 0 unspecified atom stereocenters. The fourth-order valence-corrected chi connectivity index (χ4v) is 4.75. The van der Waals surface area contributed by atoms with Gasteiger partial charge >= 0.3 is 0 Å². The van der Waals surface area contributed by atoms with Crippen LogP contribution >= 0.6 is 0 Å². The number of hydrogen-bond acceptors (Lipinski definition) is 4. The van der Waals surface area contributed by atoms with E-state index in [0.717, 1.165) is 75.3 Å². The Morgan fingerprint density at radius 1 is 1.00 bits per heavy atom. The minimum atomic E-state index is 0.0573. The minimum Gasteiger partial charge on any atom is -0.494 e. The number of fused-ring (bicyclic) bond motifs is 1. The van der Waals surface area contributed by atoms with Crippen molar-refractivity contribution in [3.05, 3.63) is 23.8 Å². The summed E-state index contributed by atoms with van der Waals surface area (Å²) in [4.78, 5) is 40.2. The zero-order chi connectivity index (χ0) is 21.6. The molecule has 7 heteroatoms. The van der Waals surface area contributed by atoms with E-state index in [4.69, 9.17) is 4.74 Å². The van der Waals surface area contributed by atoms with Gasteiger partial charge in [-0.05, 0) is 68.2 Å². The lowest BCUT2D eigenvalue weighted by atomic mass is 9.92. The van der Waals surface area contributed by atoms with E-state index < -0.39 is 0 Å². The first kappa shape index (κ1) is 21.7. The molecule has 0 spiro atoms. The molecule has 168 valence electrons. The summed E-state index contributed by atoms with van der Waals surface area (Å²) >= 11 is 0. The lowest BCUT2D eigenvalue weighted by Gasteiger charge is -2.32. The number of amides is 3. The average Bonchev–Trinajstić information content (AvgIpc) is 3.32. The second kappa shape index (κ2) is 10.2. The molecular formula is C24H33N3O4. The Labute approximate surface area is 184 Å². The Morgan fingerprint density at radius 2 is 1.74 bits per heavy atom. The Bertz CT molecular complexity index is 811. The van der Waals surface area contributed by atoms with Gasteiger partial charge in [0.25, 0.3) is 0 Å². The average molecular weight is 428 g/mol. The maximum atomic E-state index is 12.5. The number of anilines is 1. The molecule has 4 rings (SSSR count). The van der Waals surface area contributed by atoms with Crippen molar-refractivity contribution in [3.63, 3.8) is 0 Å². The Hall–Kier alpha value is -2.57. The van der Waals surface area contributed by atoms with Crippen molar-refractivity contribution >= 4 is 23.4 Å². The van der Waals surface area contributed by atoms with E-state index in [1.807, 2.05) is 28.0 Å². The van der Waals surface area contributed by atoms with Gasteiger partial charge in [0.05, 0.1) is 6.61 Å². The maximum Gasteiger partial charge on any atom is 0.224 e. The number of benzene rings is 1. The van der Waals surface area contributed by atoms with E-state index in [0.29, 0.717) is 44.1 Å². The molecule has 1 N–H and O–H groups in total. The van der Waals surface area contributed by atoms with Gasteiger partial charge in [0.15, 0.2) is 0 Å². The van der Waals surface area contributed by atoms with E-state index in [2.05, 4.69) is 5.32 Å². The topological polar surface area (TPSA) is 79.0 Å². The van der Waals surface area contributed by atoms with Crippen LogP contribution in [0, 0.1) is 5.92 Å². The van der Waals surface area contributed by atoms with Crippen molar-refractivity contribution in [1.29, 1.82) is 0 Å². The van der Waals surface area contributed by atoms with Crippen LogP contribution in [0.2, 0.25) is 0 Å². The Balaban J connectivity index is 1.12. The van der Waals surface area contributed by atoms with E-state index in [-0.39, 0.29) is 11.8 Å². The number of piperidine rings is 1.